The van der Waals surface area contributed by atoms with Crippen molar-refractivity contribution in [2.45, 2.75) is 31.6 Å². The lowest BCUT2D eigenvalue weighted by Crippen LogP contribution is -2.37. The minimum atomic E-state index is 0.0554. The molecule has 0 radical (unpaired) electrons. The van der Waals surface area contributed by atoms with Gasteiger partial charge in [-0.25, -0.2) is 9.97 Å². The van der Waals surface area contributed by atoms with Crippen molar-refractivity contribution in [1.82, 2.24) is 9.97 Å². The first kappa shape index (κ1) is 17.3. The van der Waals surface area contributed by atoms with E-state index in [1.165, 1.54) is 0 Å². The number of piperidine rings is 1. The van der Waals surface area contributed by atoms with E-state index in [-0.39, 0.29) is 11.7 Å². The predicted molar refractivity (Wildman–Crippen MR) is 101 cm³/mol. The van der Waals surface area contributed by atoms with Crippen LogP contribution in [0.3, 0.4) is 0 Å². The number of ketones is 1. The SMILES string of the molecule is COc1ccc(C(=O)C2CCN(c3cc(Cl)nc(C4CC4)n3)CC2)cc1. The number of carbonyl (C=O) groups excluding carboxylic acids is 1. The molecule has 26 heavy (non-hydrogen) atoms. The van der Waals surface area contributed by atoms with Gasteiger partial charge in [-0.1, -0.05) is 11.6 Å². The molecule has 0 N–H and O–H groups in total. The van der Waals surface area contributed by atoms with Crippen molar-refractivity contribution in [3.05, 3.63) is 46.9 Å². The van der Waals surface area contributed by atoms with Crippen molar-refractivity contribution in [1.29, 1.82) is 0 Å². The summed E-state index contributed by atoms with van der Waals surface area (Å²) in [4.78, 5) is 24.0. The minimum Gasteiger partial charge on any atom is -0.497 e. The lowest BCUT2D eigenvalue weighted by atomic mass is 9.89. The van der Waals surface area contributed by atoms with Crippen molar-refractivity contribution in [3.63, 3.8) is 0 Å². The maximum Gasteiger partial charge on any atom is 0.166 e. The smallest absolute Gasteiger partial charge is 0.166 e. The van der Waals surface area contributed by atoms with Crippen LogP contribution in [0.1, 0.15) is 47.8 Å². The molecule has 1 saturated heterocycles. The van der Waals surface area contributed by atoms with Crippen LogP contribution in [0.4, 0.5) is 5.82 Å². The molecule has 0 unspecified atom stereocenters. The summed E-state index contributed by atoms with van der Waals surface area (Å²) in [5.74, 6) is 3.27. The van der Waals surface area contributed by atoms with Gasteiger partial charge in [0.25, 0.3) is 0 Å². The Morgan fingerprint density at radius 3 is 2.42 bits per heavy atom. The summed E-state index contributed by atoms with van der Waals surface area (Å²) in [6, 6.07) is 9.20. The van der Waals surface area contributed by atoms with Gasteiger partial charge in [0.1, 0.15) is 22.5 Å². The zero-order valence-electron chi connectivity index (χ0n) is 14.8. The molecule has 1 aromatic heterocycles. The van der Waals surface area contributed by atoms with Crippen LogP contribution in [-0.2, 0) is 0 Å². The van der Waals surface area contributed by atoms with Crippen molar-refractivity contribution in [2.75, 3.05) is 25.1 Å². The van der Waals surface area contributed by atoms with Gasteiger partial charge in [-0.15, -0.1) is 0 Å². The molecule has 2 fully saturated rings. The molecule has 0 spiro atoms. The van der Waals surface area contributed by atoms with Gasteiger partial charge in [-0.2, -0.15) is 0 Å². The number of carbonyl (C=O) groups is 1. The van der Waals surface area contributed by atoms with Gasteiger partial charge in [-0.3, -0.25) is 4.79 Å². The number of methoxy groups -OCH3 is 1. The summed E-state index contributed by atoms with van der Waals surface area (Å²) >= 11 is 6.18. The average molecular weight is 372 g/mol. The number of nitrogens with zero attached hydrogens (tertiary/aromatic N) is 3. The Hall–Kier alpha value is -2.14. The summed E-state index contributed by atoms with van der Waals surface area (Å²) in [6.07, 6.45) is 3.95. The van der Waals surface area contributed by atoms with Gasteiger partial charge in [0.15, 0.2) is 5.78 Å². The number of benzene rings is 1. The third-order valence-electron chi connectivity index (χ3n) is 5.21. The van der Waals surface area contributed by atoms with Crippen LogP contribution in [0, 0.1) is 5.92 Å². The molecule has 1 aromatic carbocycles. The number of rotatable bonds is 5. The monoisotopic (exact) mass is 371 g/mol. The fraction of sp³-hybridized carbons (Fsp3) is 0.450. The molecular weight excluding hydrogens is 350 g/mol. The number of hydrogen-bond donors (Lipinski definition) is 0. The average Bonchev–Trinajstić information content (AvgIpc) is 3.52. The second kappa shape index (κ2) is 7.23. The second-order valence-corrected chi connectivity index (χ2v) is 7.42. The van der Waals surface area contributed by atoms with E-state index in [1.54, 1.807) is 7.11 Å². The van der Waals surface area contributed by atoms with E-state index >= 15 is 0 Å². The molecule has 0 amide bonds. The number of anilines is 1. The maximum absolute atomic E-state index is 12.7. The number of halogens is 1. The number of ether oxygens (including phenoxy) is 1. The first-order valence-electron chi connectivity index (χ1n) is 9.12. The van der Waals surface area contributed by atoms with E-state index in [1.807, 2.05) is 30.3 Å². The highest BCUT2D eigenvalue weighted by atomic mass is 35.5. The van der Waals surface area contributed by atoms with Gasteiger partial charge in [0.05, 0.1) is 7.11 Å². The van der Waals surface area contributed by atoms with Gasteiger partial charge < -0.3 is 9.64 Å². The molecule has 4 rings (SSSR count). The summed E-state index contributed by atoms with van der Waals surface area (Å²) in [7, 11) is 1.63. The lowest BCUT2D eigenvalue weighted by molar-refractivity contribution is 0.0900. The number of aromatic nitrogens is 2. The lowest BCUT2D eigenvalue weighted by Gasteiger charge is -2.32. The Kier molecular flexibility index (Phi) is 4.81. The van der Waals surface area contributed by atoms with Crippen LogP contribution in [-0.4, -0.2) is 36.0 Å². The van der Waals surface area contributed by atoms with Crippen molar-refractivity contribution in [3.8, 4) is 5.75 Å². The standard InChI is InChI=1S/C20H22ClN3O2/c1-26-16-6-4-13(5-7-16)19(25)14-8-10-24(11-9-14)18-12-17(21)22-20(23-18)15-2-3-15/h4-7,12,14-15H,2-3,8-11H2,1H3. The highest BCUT2D eigenvalue weighted by Gasteiger charge is 2.30. The van der Waals surface area contributed by atoms with E-state index in [9.17, 15) is 4.79 Å². The summed E-state index contributed by atoms with van der Waals surface area (Å²) in [6.45, 7) is 1.62. The van der Waals surface area contributed by atoms with Crippen LogP contribution in [0.5, 0.6) is 5.75 Å². The highest BCUT2D eigenvalue weighted by molar-refractivity contribution is 6.29. The summed E-state index contributed by atoms with van der Waals surface area (Å²) < 4.78 is 5.16. The Balaban J connectivity index is 1.41. The molecule has 6 heteroatoms. The number of Topliss-reactive ketones (excluding diaryl/α,β-unsaturated/α-hetero) is 1. The Morgan fingerprint density at radius 2 is 1.81 bits per heavy atom. The second-order valence-electron chi connectivity index (χ2n) is 7.04. The van der Waals surface area contributed by atoms with Gasteiger partial charge in [-0.05, 0) is 49.9 Å². The quantitative estimate of drug-likeness (QED) is 0.584. The highest BCUT2D eigenvalue weighted by Crippen LogP contribution is 2.39. The molecule has 0 atom stereocenters. The molecule has 136 valence electrons. The van der Waals surface area contributed by atoms with Crippen LogP contribution < -0.4 is 9.64 Å². The maximum atomic E-state index is 12.7. The van der Waals surface area contributed by atoms with Gasteiger partial charge >= 0.3 is 0 Å². The normalized spacial score (nSPS) is 18.0. The Morgan fingerprint density at radius 1 is 1.12 bits per heavy atom. The van der Waals surface area contributed by atoms with Crippen LogP contribution in [0.15, 0.2) is 30.3 Å². The topological polar surface area (TPSA) is 55.3 Å². The molecule has 5 nitrogen and oxygen atoms in total. The van der Waals surface area contributed by atoms with Crippen LogP contribution in [0.25, 0.3) is 0 Å². The summed E-state index contributed by atoms with van der Waals surface area (Å²) in [5.41, 5.74) is 0.755. The molecule has 2 aromatic rings. The Labute approximate surface area is 158 Å². The van der Waals surface area contributed by atoms with E-state index in [4.69, 9.17) is 21.3 Å². The molecule has 0 bridgehead atoms. The zero-order valence-corrected chi connectivity index (χ0v) is 15.6. The fourth-order valence-electron chi connectivity index (χ4n) is 3.47. The molecule has 2 aliphatic rings. The largest absolute Gasteiger partial charge is 0.497 e. The molecule has 1 saturated carbocycles. The first-order chi connectivity index (χ1) is 12.6. The minimum absolute atomic E-state index is 0.0554. The van der Waals surface area contributed by atoms with E-state index in [0.29, 0.717) is 11.1 Å². The molecule has 2 heterocycles. The van der Waals surface area contributed by atoms with Crippen molar-refractivity contribution < 1.29 is 9.53 Å². The Bertz CT molecular complexity index is 797. The predicted octanol–water partition coefficient (Wildman–Crippen LogP) is 4.12. The van der Waals surface area contributed by atoms with Crippen LogP contribution in [0.2, 0.25) is 5.15 Å². The zero-order chi connectivity index (χ0) is 18.1. The fourth-order valence-corrected chi connectivity index (χ4v) is 3.65. The first-order valence-corrected chi connectivity index (χ1v) is 9.49. The van der Waals surface area contributed by atoms with E-state index in [0.717, 1.165) is 61.7 Å². The van der Waals surface area contributed by atoms with Gasteiger partial charge in [0.2, 0.25) is 0 Å². The molecular formula is C20H22ClN3O2. The summed E-state index contributed by atoms with van der Waals surface area (Å²) in [5, 5.41) is 0.508. The third-order valence-corrected chi connectivity index (χ3v) is 5.40. The molecule has 1 aliphatic carbocycles. The van der Waals surface area contributed by atoms with E-state index in [2.05, 4.69) is 9.88 Å². The van der Waals surface area contributed by atoms with Crippen molar-refractivity contribution in [2.24, 2.45) is 5.92 Å². The molecule has 1 aliphatic heterocycles. The number of hydrogen-bond acceptors (Lipinski definition) is 5. The van der Waals surface area contributed by atoms with E-state index < -0.39 is 0 Å². The van der Waals surface area contributed by atoms with Gasteiger partial charge in [0, 0.05) is 36.6 Å². The van der Waals surface area contributed by atoms with Crippen molar-refractivity contribution >= 4 is 23.2 Å². The third kappa shape index (κ3) is 3.68. The van der Waals surface area contributed by atoms with Crippen LogP contribution >= 0.6 is 11.6 Å².